The van der Waals surface area contributed by atoms with Gasteiger partial charge in [-0.15, -0.1) is 0 Å². The van der Waals surface area contributed by atoms with Crippen molar-refractivity contribution in [2.75, 3.05) is 10.5 Å². The number of hydrogen-bond donors (Lipinski definition) is 1. The molecule has 1 heterocycles. The minimum Gasteiger partial charge on any atom is -0.284 e. The van der Waals surface area contributed by atoms with Crippen molar-refractivity contribution in [2.45, 2.75) is 45.6 Å². The topological polar surface area (TPSA) is 64.0 Å². The van der Waals surface area contributed by atoms with E-state index in [1.807, 2.05) is 17.7 Å². The summed E-state index contributed by atoms with van der Waals surface area (Å²) in [5.41, 5.74) is 1.50. The Balaban J connectivity index is 1.83. The molecule has 0 atom stereocenters. The molecule has 126 valence electrons. The molecule has 0 radical (unpaired) electrons. The largest absolute Gasteiger partial charge is 0.284 e. The average Bonchev–Trinajstić information content (AvgIpc) is 2.77. The third-order valence-corrected chi connectivity index (χ3v) is 6.05. The normalized spacial score (nSPS) is 15.7. The van der Waals surface area contributed by atoms with E-state index in [4.69, 9.17) is 11.6 Å². The van der Waals surface area contributed by atoms with Gasteiger partial charge in [-0.3, -0.25) is 9.40 Å². The quantitative estimate of drug-likeness (QED) is 0.815. The molecular formula is C16H22ClN3O2S. The predicted octanol–water partition coefficient (Wildman–Crippen LogP) is 4.03. The van der Waals surface area contributed by atoms with E-state index in [1.165, 1.54) is 19.3 Å². The number of sulfonamides is 1. The summed E-state index contributed by atoms with van der Waals surface area (Å²) >= 11 is 6.24. The molecule has 0 amide bonds. The number of anilines is 1. The van der Waals surface area contributed by atoms with Gasteiger partial charge in [0.2, 0.25) is 10.0 Å². The van der Waals surface area contributed by atoms with Crippen molar-refractivity contribution in [3.8, 4) is 0 Å². The molecule has 1 N–H and O–H groups in total. The van der Waals surface area contributed by atoms with Crippen molar-refractivity contribution in [1.29, 1.82) is 0 Å². The molecule has 1 aliphatic rings. The van der Waals surface area contributed by atoms with Crippen LogP contribution in [0.25, 0.3) is 10.9 Å². The van der Waals surface area contributed by atoms with E-state index in [-0.39, 0.29) is 5.75 Å². The second-order valence-electron chi connectivity index (χ2n) is 6.28. The monoisotopic (exact) mass is 355 g/mol. The van der Waals surface area contributed by atoms with Crippen LogP contribution in [0.15, 0.2) is 18.2 Å². The Bertz CT molecular complexity index is 797. The highest BCUT2D eigenvalue weighted by Gasteiger charge is 2.20. The molecule has 23 heavy (non-hydrogen) atoms. The maximum atomic E-state index is 12.0. The molecule has 1 aromatic carbocycles. The number of halogens is 1. The first-order valence-electron chi connectivity index (χ1n) is 8.15. The number of aromatic nitrogens is 2. The third-order valence-electron chi connectivity index (χ3n) is 4.40. The van der Waals surface area contributed by atoms with E-state index in [9.17, 15) is 8.42 Å². The Morgan fingerprint density at radius 2 is 2.17 bits per heavy atom. The minimum absolute atomic E-state index is 0.135. The Labute approximate surface area is 142 Å². The van der Waals surface area contributed by atoms with Gasteiger partial charge in [0.25, 0.3) is 0 Å². The lowest BCUT2D eigenvalue weighted by Crippen LogP contribution is -2.18. The molecule has 0 bridgehead atoms. The lowest BCUT2D eigenvalue weighted by atomic mass is 9.85. The summed E-state index contributed by atoms with van der Waals surface area (Å²) < 4.78 is 28.6. The summed E-state index contributed by atoms with van der Waals surface area (Å²) in [6.07, 6.45) is 5.28. The first-order chi connectivity index (χ1) is 11.0. The maximum Gasteiger partial charge on any atom is 0.232 e. The summed E-state index contributed by atoms with van der Waals surface area (Å²) in [5, 5.41) is 5.62. The summed E-state index contributed by atoms with van der Waals surface area (Å²) in [5.74, 6) is 0.817. The van der Waals surface area contributed by atoms with E-state index in [0.717, 1.165) is 23.9 Å². The van der Waals surface area contributed by atoms with Gasteiger partial charge >= 0.3 is 0 Å². The van der Waals surface area contributed by atoms with Crippen LogP contribution in [0.4, 0.5) is 5.69 Å². The Hall–Kier alpha value is -1.27. The molecule has 0 saturated heterocycles. The Morgan fingerprint density at radius 1 is 1.39 bits per heavy atom. The number of nitrogens with one attached hydrogen (secondary N) is 1. The van der Waals surface area contributed by atoms with Crippen molar-refractivity contribution in [3.05, 3.63) is 23.4 Å². The molecule has 0 aliphatic heterocycles. The molecule has 1 aromatic heterocycles. The number of unbranched alkanes of at least 4 members (excludes halogenated alkanes) is 1. The first-order valence-corrected chi connectivity index (χ1v) is 10.2. The first kappa shape index (κ1) is 16.6. The second kappa shape index (κ2) is 6.69. The van der Waals surface area contributed by atoms with Gasteiger partial charge in [-0.25, -0.2) is 8.42 Å². The lowest BCUT2D eigenvalue weighted by molar-refractivity contribution is 0.270. The maximum absolute atomic E-state index is 12.0. The number of rotatable bonds is 7. The van der Waals surface area contributed by atoms with Gasteiger partial charge in [0.05, 0.1) is 11.3 Å². The molecule has 2 aromatic rings. The predicted molar refractivity (Wildman–Crippen MR) is 94.4 cm³/mol. The van der Waals surface area contributed by atoms with Crippen molar-refractivity contribution in [1.82, 2.24) is 9.78 Å². The average molecular weight is 356 g/mol. The molecule has 1 saturated carbocycles. The zero-order valence-electron chi connectivity index (χ0n) is 13.3. The Kier molecular flexibility index (Phi) is 4.82. The molecule has 1 fully saturated rings. The number of nitrogens with zero attached hydrogens (tertiary/aromatic N) is 2. The van der Waals surface area contributed by atoms with Gasteiger partial charge < -0.3 is 0 Å². The fraction of sp³-hybridized carbons (Fsp3) is 0.562. The van der Waals surface area contributed by atoms with Crippen LogP contribution in [0, 0.1) is 5.92 Å². The van der Waals surface area contributed by atoms with Crippen molar-refractivity contribution >= 4 is 38.2 Å². The molecule has 3 rings (SSSR count). The fourth-order valence-electron chi connectivity index (χ4n) is 2.83. The minimum atomic E-state index is -3.31. The molecular weight excluding hydrogens is 334 g/mol. The van der Waals surface area contributed by atoms with E-state index >= 15 is 0 Å². The smallest absolute Gasteiger partial charge is 0.232 e. The van der Waals surface area contributed by atoms with Crippen LogP contribution < -0.4 is 4.72 Å². The summed E-state index contributed by atoms with van der Waals surface area (Å²) in [6, 6.07) is 5.44. The van der Waals surface area contributed by atoms with Crippen molar-refractivity contribution < 1.29 is 8.42 Å². The highest BCUT2D eigenvalue weighted by atomic mass is 35.5. The van der Waals surface area contributed by atoms with Crippen LogP contribution in [0.5, 0.6) is 0 Å². The number of fused-ring (bicyclic) bond motifs is 1. The van der Waals surface area contributed by atoms with Gasteiger partial charge in [0.1, 0.15) is 0 Å². The van der Waals surface area contributed by atoms with E-state index in [1.54, 1.807) is 12.1 Å². The summed E-state index contributed by atoms with van der Waals surface area (Å²) in [7, 11) is -3.31. The molecule has 0 unspecified atom stereocenters. The third kappa shape index (κ3) is 3.80. The molecule has 1 aliphatic carbocycles. The summed E-state index contributed by atoms with van der Waals surface area (Å²) in [6.45, 7) is 2.85. The van der Waals surface area contributed by atoms with Gasteiger partial charge in [-0.2, -0.15) is 5.10 Å². The zero-order chi connectivity index (χ0) is 16.4. The van der Waals surface area contributed by atoms with E-state index in [2.05, 4.69) is 9.82 Å². The second-order valence-corrected chi connectivity index (χ2v) is 8.48. The standard InChI is InChI=1S/C16H22ClN3O2S/c1-2-3-9-23(21,22)19-13-7-8-15-14(10-13)16(17)18-20(15)11-12-5-4-6-12/h7-8,10,12,19H,2-6,9,11H2,1H3. The zero-order valence-corrected chi connectivity index (χ0v) is 14.8. The molecule has 7 heteroatoms. The van der Waals surface area contributed by atoms with Gasteiger partial charge in [-0.05, 0) is 43.4 Å². The van der Waals surface area contributed by atoms with Crippen molar-refractivity contribution in [2.24, 2.45) is 5.92 Å². The molecule has 0 spiro atoms. The van der Waals surface area contributed by atoms with Crippen LogP contribution in [0.2, 0.25) is 5.15 Å². The van der Waals surface area contributed by atoms with Crippen LogP contribution in [-0.4, -0.2) is 24.0 Å². The van der Waals surface area contributed by atoms with Gasteiger partial charge in [0, 0.05) is 17.6 Å². The van der Waals surface area contributed by atoms with Crippen molar-refractivity contribution in [3.63, 3.8) is 0 Å². The highest BCUT2D eigenvalue weighted by molar-refractivity contribution is 7.92. The van der Waals surface area contributed by atoms with Crippen LogP contribution >= 0.6 is 11.6 Å². The summed E-state index contributed by atoms with van der Waals surface area (Å²) in [4.78, 5) is 0. The van der Waals surface area contributed by atoms with Crippen LogP contribution in [0.3, 0.4) is 0 Å². The van der Waals surface area contributed by atoms with Gasteiger partial charge in [-0.1, -0.05) is 31.4 Å². The fourth-order valence-corrected chi connectivity index (χ4v) is 4.33. The molecule has 5 nitrogen and oxygen atoms in total. The number of hydrogen-bond acceptors (Lipinski definition) is 3. The van der Waals surface area contributed by atoms with Crippen LogP contribution in [0.1, 0.15) is 39.0 Å². The Morgan fingerprint density at radius 3 is 2.83 bits per heavy atom. The highest BCUT2D eigenvalue weighted by Crippen LogP contribution is 2.31. The van der Waals surface area contributed by atoms with Gasteiger partial charge in [0.15, 0.2) is 5.15 Å². The van der Waals surface area contributed by atoms with Crippen LogP contribution in [-0.2, 0) is 16.6 Å². The SMILES string of the molecule is CCCCS(=O)(=O)Nc1ccc2c(c1)c(Cl)nn2CC1CCC1. The van der Waals surface area contributed by atoms with E-state index < -0.39 is 10.0 Å². The van der Waals surface area contributed by atoms with E-state index in [0.29, 0.717) is 23.2 Å². The lowest BCUT2D eigenvalue weighted by Gasteiger charge is -2.25. The number of benzene rings is 1.